The van der Waals surface area contributed by atoms with Gasteiger partial charge in [-0.3, -0.25) is 4.79 Å². The molecule has 3 rings (SSSR count). The number of carbonyl (C=O) groups is 1. The zero-order chi connectivity index (χ0) is 14.8. The van der Waals surface area contributed by atoms with E-state index in [-0.39, 0.29) is 6.04 Å². The van der Waals surface area contributed by atoms with E-state index < -0.39 is 0 Å². The SMILES string of the molecule is Cc1cc(C)cc(CC(=O)C2CCC3CCCCC3N2)c1. The van der Waals surface area contributed by atoms with E-state index in [1.165, 1.54) is 48.8 Å². The van der Waals surface area contributed by atoms with Crippen LogP contribution in [0, 0.1) is 19.8 Å². The molecule has 2 fully saturated rings. The first-order chi connectivity index (χ1) is 10.1. The molecule has 1 aliphatic carbocycles. The Balaban J connectivity index is 1.62. The molecule has 2 heteroatoms. The molecule has 1 saturated carbocycles. The fourth-order valence-electron chi connectivity index (χ4n) is 4.24. The summed E-state index contributed by atoms with van der Waals surface area (Å²) < 4.78 is 0. The van der Waals surface area contributed by atoms with Gasteiger partial charge in [0.05, 0.1) is 6.04 Å². The average molecular weight is 285 g/mol. The molecule has 0 spiro atoms. The van der Waals surface area contributed by atoms with Crippen molar-refractivity contribution >= 4 is 5.78 Å². The van der Waals surface area contributed by atoms with Gasteiger partial charge in [0.2, 0.25) is 0 Å². The fraction of sp³-hybridized carbons (Fsp3) is 0.632. The summed E-state index contributed by atoms with van der Waals surface area (Å²) in [5.41, 5.74) is 3.67. The number of benzene rings is 1. The zero-order valence-electron chi connectivity index (χ0n) is 13.3. The van der Waals surface area contributed by atoms with Gasteiger partial charge >= 0.3 is 0 Å². The first kappa shape index (κ1) is 14.8. The van der Waals surface area contributed by atoms with E-state index in [0.29, 0.717) is 18.2 Å². The maximum absolute atomic E-state index is 12.6. The van der Waals surface area contributed by atoms with Crippen molar-refractivity contribution in [2.75, 3.05) is 0 Å². The number of aryl methyl sites for hydroxylation is 2. The molecule has 0 amide bonds. The Morgan fingerprint density at radius 2 is 1.76 bits per heavy atom. The van der Waals surface area contributed by atoms with Crippen molar-refractivity contribution in [3.8, 4) is 0 Å². The van der Waals surface area contributed by atoms with E-state index >= 15 is 0 Å². The lowest BCUT2D eigenvalue weighted by Crippen LogP contribution is -2.52. The van der Waals surface area contributed by atoms with Crippen molar-refractivity contribution in [3.63, 3.8) is 0 Å². The van der Waals surface area contributed by atoms with Crippen LogP contribution in [-0.2, 0) is 11.2 Å². The van der Waals surface area contributed by atoms with Crippen molar-refractivity contribution in [1.82, 2.24) is 5.32 Å². The van der Waals surface area contributed by atoms with E-state index in [1.807, 2.05) is 0 Å². The minimum Gasteiger partial charge on any atom is -0.304 e. The monoisotopic (exact) mass is 285 g/mol. The third-order valence-electron chi connectivity index (χ3n) is 5.20. The number of nitrogens with one attached hydrogen (secondary N) is 1. The Hall–Kier alpha value is -1.15. The van der Waals surface area contributed by atoms with Crippen LogP contribution in [0.25, 0.3) is 0 Å². The van der Waals surface area contributed by atoms with Gasteiger partial charge in [-0.05, 0) is 51.0 Å². The highest BCUT2D eigenvalue weighted by molar-refractivity contribution is 5.86. The molecule has 2 nitrogen and oxygen atoms in total. The Labute approximate surface area is 128 Å². The van der Waals surface area contributed by atoms with Crippen molar-refractivity contribution in [2.24, 2.45) is 5.92 Å². The Morgan fingerprint density at radius 1 is 1.05 bits per heavy atom. The van der Waals surface area contributed by atoms with Crippen LogP contribution in [0.2, 0.25) is 0 Å². The van der Waals surface area contributed by atoms with Crippen molar-refractivity contribution in [3.05, 3.63) is 34.9 Å². The van der Waals surface area contributed by atoms with E-state index in [1.54, 1.807) is 0 Å². The average Bonchev–Trinajstić information content (AvgIpc) is 2.45. The van der Waals surface area contributed by atoms with Crippen LogP contribution in [-0.4, -0.2) is 17.9 Å². The Bertz CT molecular complexity index is 502. The third kappa shape index (κ3) is 3.55. The van der Waals surface area contributed by atoms with E-state index in [9.17, 15) is 4.79 Å². The smallest absolute Gasteiger partial charge is 0.154 e. The molecule has 1 aromatic carbocycles. The molecule has 0 aromatic heterocycles. The molecule has 1 heterocycles. The number of ketones is 1. The van der Waals surface area contributed by atoms with Crippen LogP contribution in [0.4, 0.5) is 0 Å². The summed E-state index contributed by atoms with van der Waals surface area (Å²) >= 11 is 0. The zero-order valence-corrected chi connectivity index (χ0v) is 13.3. The summed E-state index contributed by atoms with van der Waals surface area (Å²) in [6.45, 7) is 4.21. The van der Waals surface area contributed by atoms with Crippen molar-refractivity contribution in [2.45, 2.75) is 70.9 Å². The summed E-state index contributed by atoms with van der Waals surface area (Å²) in [5, 5.41) is 3.66. The first-order valence-electron chi connectivity index (χ1n) is 8.48. The van der Waals surface area contributed by atoms with Gasteiger partial charge in [0.25, 0.3) is 0 Å². The van der Waals surface area contributed by atoms with Gasteiger partial charge in [-0.15, -0.1) is 0 Å². The lowest BCUT2D eigenvalue weighted by Gasteiger charge is -2.40. The van der Waals surface area contributed by atoms with Gasteiger partial charge in [0.15, 0.2) is 5.78 Å². The maximum Gasteiger partial charge on any atom is 0.154 e. The van der Waals surface area contributed by atoms with E-state index in [2.05, 4.69) is 37.4 Å². The molecule has 114 valence electrons. The van der Waals surface area contributed by atoms with Crippen LogP contribution in [0.1, 0.15) is 55.2 Å². The second-order valence-corrected chi connectivity index (χ2v) is 7.09. The van der Waals surface area contributed by atoms with Gasteiger partial charge in [-0.25, -0.2) is 0 Å². The van der Waals surface area contributed by atoms with Crippen LogP contribution < -0.4 is 5.32 Å². The number of rotatable bonds is 3. The molecule has 1 aromatic rings. The molecular weight excluding hydrogens is 258 g/mol. The molecule has 0 bridgehead atoms. The largest absolute Gasteiger partial charge is 0.304 e. The Kier molecular flexibility index (Phi) is 4.44. The topological polar surface area (TPSA) is 29.1 Å². The lowest BCUT2D eigenvalue weighted by atomic mass is 9.77. The number of carbonyl (C=O) groups excluding carboxylic acids is 1. The van der Waals surface area contributed by atoms with Crippen molar-refractivity contribution < 1.29 is 4.79 Å². The number of hydrogen-bond acceptors (Lipinski definition) is 2. The van der Waals surface area contributed by atoms with Crippen LogP contribution >= 0.6 is 0 Å². The molecule has 1 saturated heterocycles. The second kappa shape index (κ2) is 6.31. The molecule has 2 aliphatic rings. The summed E-state index contributed by atoms with van der Waals surface area (Å²) in [4.78, 5) is 12.6. The van der Waals surface area contributed by atoms with Crippen molar-refractivity contribution in [1.29, 1.82) is 0 Å². The number of piperidine rings is 1. The normalized spacial score (nSPS) is 29.0. The minimum absolute atomic E-state index is 0.0881. The van der Waals surface area contributed by atoms with Crippen LogP contribution in [0.15, 0.2) is 18.2 Å². The molecule has 21 heavy (non-hydrogen) atoms. The summed E-state index contributed by atoms with van der Waals surface area (Å²) in [6.07, 6.45) is 8.17. The molecule has 1 aliphatic heterocycles. The molecule has 3 atom stereocenters. The number of hydrogen-bond donors (Lipinski definition) is 1. The lowest BCUT2D eigenvalue weighted by molar-refractivity contribution is -0.121. The van der Waals surface area contributed by atoms with Gasteiger partial charge in [-0.1, -0.05) is 42.2 Å². The second-order valence-electron chi connectivity index (χ2n) is 7.09. The van der Waals surface area contributed by atoms with Gasteiger partial charge in [-0.2, -0.15) is 0 Å². The minimum atomic E-state index is 0.0881. The summed E-state index contributed by atoms with van der Waals surface area (Å²) in [7, 11) is 0. The molecule has 1 N–H and O–H groups in total. The molecule has 3 unspecified atom stereocenters. The maximum atomic E-state index is 12.6. The summed E-state index contributed by atoms with van der Waals surface area (Å²) in [5.74, 6) is 1.20. The highest BCUT2D eigenvalue weighted by atomic mass is 16.1. The van der Waals surface area contributed by atoms with Crippen LogP contribution in [0.3, 0.4) is 0 Å². The third-order valence-corrected chi connectivity index (χ3v) is 5.20. The standard InChI is InChI=1S/C19H27NO/c1-13-9-14(2)11-15(10-13)12-19(21)18-8-7-16-5-3-4-6-17(16)20-18/h9-11,16-18,20H,3-8,12H2,1-2H3. The van der Waals surface area contributed by atoms with Gasteiger partial charge in [0, 0.05) is 12.5 Å². The summed E-state index contributed by atoms with van der Waals surface area (Å²) in [6, 6.07) is 7.15. The highest BCUT2D eigenvalue weighted by Gasteiger charge is 2.34. The predicted molar refractivity (Wildman–Crippen MR) is 86.5 cm³/mol. The van der Waals surface area contributed by atoms with Gasteiger partial charge < -0.3 is 5.32 Å². The van der Waals surface area contributed by atoms with Gasteiger partial charge in [0.1, 0.15) is 0 Å². The molecule has 0 radical (unpaired) electrons. The number of Topliss-reactive ketones (excluding diaryl/α,β-unsaturated/α-hetero) is 1. The quantitative estimate of drug-likeness (QED) is 0.917. The Morgan fingerprint density at radius 3 is 2.52 bits per heavy atom. The highest BCUT2D eigenvalue weighted by Crippen LogP contribution is 2.32. The predicted octanol–water partition coefficient (Wildman–Crippen LogP) is 3.73. The fourth-order valence-corrected chi connectivity index (χ4v) is 4.24. The molecular formula is C19H27NO. The first-order valence-corrected chi connectivity index (χ1v) is 8.48. The van der Waals surface area contributed by atoms with E-state index in [0.717, 1.165) is 12.3 Å². The van der Waals surface area contributed by atoms with E-state index in [4.69, 9.17) is 0 Å². The van der Waals surface area contributed by atoms with Crippen LogP contribution in [0.5, 0.6) is 0 Å². The number of fused-ring (bicyclic) bond motifs is 1.